The summed E-state index contributed by atoms with van der Waals surface area (Å²) in [6.45, 7) is 2.84. The second-order valence-electron chi connectivity index (χ2n) is 5.68. The van der Waals surface area contributed by atoms with E-state index in [0.717, 1.165) is 24.3 Å². The van der Waals surface area contributed by atoms with Gasteiger partial charge in [-0.2, -0.15) is 0 Å². The largest absolute Gasteiger partial charge is 0.497 e. The molecular formula is C19H21NO3. The highest BCUT2D eigenvalue weighted by atomic mass is 16.5. The van der Waals surface area contributed by atoms with Gasteiger partial charge in [-0.3, -0.25) is 4.79 Å². The molecule has 0 aromatic heterocycles. The average molecular weight is 311 g/mol. The fourth-order valence-corrected chi connectivity index (χ4v) is 3.00. The SMILES string of the molecule is COc1ccc2c(c1)C(C)N(C(=O)COc1ccccc1)CC2. The van der Waals surface area contributed by atoms with E-state index in [0.29, 0.717) is 5.75 Å². The van der Waals surface area contributed by atoms with Crippen LogP contribution >= 0.6 is 0 Å². The lowest BCUT2D eigenvalue weighted by atomic mass is 9.93. The van der Waals surface area contributed by atoms with Crippen LogP contribution < -0.4 is 9.47 Å². The molecule has 1 atom stereocenters. The van der Waals surface area contributed by atoms with Gasteiger partial charge in [-0.1, -0.05) is 24.3 Å². The van der Waals surface area contributed by atoms with E-state index >= 15 is 0 Å². The van der Waals surface area contributed by atoms with Crippen molar-refractivity contribution in [3.63, 3.8) is 0 Å². The average Bonchev–Trinajstić information content (AvgIpc) is 2.60. The monoisotopic (exact) mass is 311 g/mol. The Balaban J connectivity index is 1.69. The number of benzene rings is 2. The molecule has 4 nitrogen and oxygen atoms in total. The third kappa shape index (κ3) is 3.31. The Hall–Kier alpha value is -2.49. The summed E-state index contributed by atoms with van der Waals surface area (Å²) in [7, 11) is 1.66. The highest BCUT2D eigenvalue weighted by Gasteiger charge is 2.28. The Bertz CT molecular complexity index is 684. The van der Waals surface area contributed by atoms with Crippen LogP contribution in [0.25, 0.3) is 0 Å². The predicted molar refractivity (Wildman–Crippen MR) is 88.8 cm³/mol. The van der Waals surface area contributed by atoms with E-state index in [1.54, 1.807) is 7.11 Å². The minimum absolute atomic E-state index is 0.00910. The lowest BCUT2D eigenvalue weighted by molar-refractivity contribution is -0.136. The summed E-state index contributed by atoms with van der Waals surface area (Å²) >= 11 is 0. The van der Waals surface area contributed by atoms with E-state index < -0.39 is 0 Å². The number of carbonyl (C=O) groups excluding carboxylic acids is 1. The first-order valence-corrected chi connectivity index (χ1v) is 7.83. The van der Waals surface area contributed by atoms with E-state index in [4.69, 9.17) is 9.47 Å². The van der Waals surface area contributed by atoms with Crippen LogP contribution in [-0.4, -0.2) is 31.1 Å². The van der Waals surface area contributed by atoms with Gasteiger partial charge in [0, 0.05) is 6.54 Å². The van der Waals surface area contributed by atoms with Gasteiger partial charge >= 0.3 is 0 Å². The maximum atomic E-state index is 12.5. The molecule has 2 aromatic carbocycles. The summed E-state index contributed by atoms with van der Waals surface area (Å²) in [6, 6.07) is 15.5. The Morgan fingerprint density at radius 1 is 1.17 bits per heavy atom. The van der Waals surface area contributed by atoms with Gasteiger partial charge < -0.3 is 14.4 Å². The van der Waals surface area contributed by atoms with Crippen LogP contribution in [0, 0.1) is 0 Å². The van der Waals surface area contributed by atoms with Crippen LogP contribution in [0.15, 0.2) is 48.5 Å². The molecule has 1 unspecified atom stereocenters. The molecule has 0 radical (unpaired) electrons. The van der Waals surface area contributed by atoms with Crippen molar-refractivity contribution < 1.29 is 14.3 Å². The van der Waals surface area contributed by atoms with Crippen molar-refractivity contribution in [2.45, 2.75) is 19.4 Å². The Morgan fingerprint density at radius 3 is 2.70 bits per heavy atom. The highest BCUT2D eigenvalue weighted by molar-refractivity contribution is 5.78. The van der Waals surface area contributed by atoms with E-state index in [9.17, 15) is 4.79 Å². The summed E-state index contributed by atoms with van der Waals surface area (Å²) in [4.78, 5) is 14.4. The van der Waals surface area contributed by atoms with E-state index in [-0.39, 0.29) is 18.6 Å². The zero-order valence-corrected chi connectivity index (χ0v) is 13.5. The van der Waals surface area contributed by atoms with Gasteiger partial charge in [-0.15, -0.1) is 0 Å². The first-order chi connectivity index (χ1) is 11.2. The van der Waals surface area contributed by atoms with Gasteiger partial charge in [0.1, 0.15) is 11.5 Å². The lowest BCUT2D eigenvalue weighted by Crippen LogP contribution is -2.41. The van der Waals surface area contributed by atoms with Crippen LogP contribution in [0.2, 0.25) is 0 Å². The second kappa shape index (κ2) is 6.73. The first kappa shape index (κ1) is 15.4. The van der Waals surface area contributed by atoms with Crippen molar-refractivity contribution in [3.05, 3.63) is 59.7 Å². The van der Waals surface area contributed by atoms with Gasteiger partial charge in [0.2, 0.25) is 0 Å². The van der Waals surface area contributed by atoms with Crippen LogP contribution in [0.1, 0.15) is 24.1 Å². The van der Waals surface area contributed by atoms with Crippen molar-refractivity contribution in [1.29, 1.82) is 0 Å². The number of fused-ring (bicyclic) bond motifs is 1. The quantitative estimate of drug-likeness (QED) is 0.870. The zero-order valence-electron chi connectivity index (χ0n) is 13.5. The number of hydrogen-bond donors (Lipinski definition) is 0. The molecule has 0 N–H and O–H groups in total. The first-order valence-electron chi connectivity index (χ1n) is 7.83. The molecule has 4 heteroatoms. The smallest absolute Gasteiger partial charge is 0.261 e. The summed E-state index contributed by atoms with van der Waals surface area (Å²) in [6.07, 6.45) is 0.862. The molecule has 0 aliphatic carbocycles. The molecule has 1 aliphatic heterocycles. The molecule has 1 amide bonds. The minimum Gasteiger partial charge on any atom is -0.497 e. The maximum Gasteiger partial charge on any atom is 0.261 e. The second-order valence-corrected chi connectivity index (χ2v) is 5.68. The number of nitrogens with zero attached hydrogens (tertiary/aromatic N) is 1. The van der Waals surface area contributed by atoms with Crippen LogP contribution in [0.3, 0.4) is 0 Å². The molecular weight excluding hydrogens is 290 g/mol. The summed E-state index contributed by atoms with van der Waals surface area (Å²) in [5.41, 5.74) is 2.44. The number of carbonyl (C=O) groups is 1. The van der Waals surface area contributed by atoms with Gasteiger partial charge in [0.05, 0.1) is 13.2 Å². The van der Waals surface area contributed by atoms with Crippen molar-refractivity contribution in [1.82, 2.24) is 4.90 Å². The normalized spacial score (nSPS) is 16.6. The summed E-state index contributed by atoms with van der Waals surface area (Å²) in [5, 5.41) is 0. The van der Waals surface area contributed by atoms with Gasteiger partial charge in [0.15, 0.2) is 6.61 Å². The number of hydrogen-bond acceptors (Lipinski definition) is 3. The van der Waals surface area contributed by atoms with Gasteiger partial charge in [-0.25, -0.2) is 0 Å². The van der Waals surface area contributed by atoms with Crippen LogP contribution in [-0.2, 0) is 11.2 Å². The van der Waals surface area contributed by atoms with E-state index in [2.05, 4.69) is 13.0 Å². The van der Waals surface area contributed by atoms with Gasteiger partial charge in [0.25, 0.3) is 5.91 Å². The molecule has 1 heterocycles. The third-order valence-corrected chi connectivity index (χ3v) is 4.32. The fourth-order valence-electron chi connectivity index (χ4n) is 3.00. The van der Waals surface area contributed by atoms with Crippen LogP contribution in [0.4, 0.5) is 0 Å². The standard InChI is InChI=1S/C19H21NO3/c1-14-18-12-17(22-2)9-8-15(18)10-11-20(14)19(21)13-23-16-6-4-3-5-7-16/h3-9,12,14H,10-11,13H2,1-2H3. The topological polar surface area (TPSA) is 38.8 Å². The number of methoxy groups -OCH3 is 1. The number of rotatable bonds is 4. The number of ether oxygens (including phenoxy) is 2. The minimum atomic E-state index is 0.00910. The summed E-state index contributed by atoms with van der Waals surface area (Å²) in [5.74, 6) is 1.55. The van der Waals surface area contributed by atoms with Crippen molar-refractivity contribution in [3.8, 4) is 11.5 Å². The van der Waals surface area contributed by atoms with Crippen LogP contribution in [0.5, 0.6) is 11.5 Å². The number of para-hydroxylation sites is 1. The Kier molecular flexibility index (Phi) is 4.51. The lowest BCUT2D eigenvalue weighted by Gasteiger charge is -2.35. The number of amides is 1. The van der Waals surface area contributed by atoms with Crippen molar-refractivity contribution >= 4 is 5.91 Å². The molecule has 0 saturated carbocycles. The Labute approximate surface area is 136 Å². The molecule has 0 fully saturated rings. The molecule has 3 rings (SSSR count). The Morgan fingerprint density at radius 2 is 1.96 bits per heavy atom. The molecule has 0 bridgehead atoms. The summed E-state index contributed by atoms with van der Waals surface area (Å²) < 4.78 is 10.9. The predicted octanol–water partition coefficient (Wildman–Crippen LogP) is 3.22. The molecule has 0 spiro atoms. The molecule has 1 aliphatic rings. The highest BCUT2D eigenvalue weighted by Crippen LogP contribution is 2.32. The van der Waals surface area contributed by atoms with E-state index in [1.165, 1.54) is 5.56 Å². The van der Waals surface area contributed by atoms with Crippen molar-refractivity contribution in [2.24, 2.45) is 0 Å². The molecule has 2 aromatic rings. The molecule has 23 heavy (non-hydrogen) atoms. The van der Waals surface area contributed by atoms with E-state index in [1.807, 2.05) is 47.4 Å². The van der Waals surface area contributed by atoms with Gasteiger partial charge in [-0.05, 0) is 48.7 Å². The maximum absolute atomic E-state index is 12.5. The molecule has 120 valence electrons. The fraction of sp³-hybridized carbons (Fsp3) is 0.316. The van der Waals surface area contributed by atoms with Crippen molar-refractivity contribution in [2.75, 3.05) is 20.3 Å². The third-order valence-electron chi connectivity index (χ3n) is 4.32. The zero-order chi connectivity index (χ0) is 16.2. The molecule has 0 saturated heterocycles.